The number of hydrogen-bond donors (Lipinski definition) is 1. The van der Waals surface area contributed by atoms with Gasteiger partial charge in [0.2, 0.25) is 0 Å². The van der Waals surface area contributed by atoms with Crippen molar-refractivity contribution in [2.24, 2.45) is 0 Å². The predicted molar refractivity (Wildman–Crippen MR) is 123 cm³/mol. The average molecular weight is 492 g/mol. The van der Waals surface area contributed by atoms with Crippen LogP contribution in [0, 0.1) is 13.8 Å². The van der Waals surface area contributed by atoms with Crippen LogP contribution in [0.5, 0.6) is 11.5 Å². The highest BCUT2D eigenvalue weighted by Crippen LogP contribution is 2.36. The summed E-state index contributed by atoms with van der Waals surface area (Å²) >= 11 is 2.31. The molecule has 3 aromatic heterocycles. The van der Waals surface area contributed by atoms with E-state index in [0.717, 1.165) is 21.5 Å². The van der Waals surface area contributed by atoms with Crippen LogP contribution in [0.4, 0.5) is 13.9 Å². The quantitative estimate of drug-likeness (QED) is 0.372. The van der Waals surface area contributed by atoms with Crippen molar-refractivity contribution in [2.45, 2.75) is 20.4 Å². The molecular weight excluding hydrogens is 472 g/mol. The van der Waals surface area contributed by atoms with Gasteiger partial charge in [0, 0.05) is 18.0 Å². The molecule has 4 rings (SSSR count). The standard InChI is InChI=1S/C21H19F2N5O3S2/c1-10-15(17-24-7-8-28(17)20(22)23)33-21(26-10)27-18(29)16-11(2)25-19(32-16)12-5-6-13(30-3)14(9-12)31-4/h5-9,20H,1-4H3,(H,26,27,29). The number of thiazole rings is 2. The molecule has 3 heterocycles. The molecule has 0 radical (unpaired) electrons. The Morgan fingerprint density at radius 1 is 1.09 bits per heavy atom. The number of aryl methyl sites for hydroxylation is 2. The highest BCUT2D eigenvalue weighted by molar-refractivity contribution is 7.19. The molecule has 0 bridgehead atoms. The molecule has 8 nitrogen and oxygen atoms in total. The Balaban J connectivity index is 1.58. The summed E-state index contributed by atoms with van der Waals surface area (Å²) in [7, 11) is 3.10. The van der Waals surface area contributed by atoms with Gasteiger partial charge in [-0.25, -0.2) is 15.0 Å². The SMILES string of the molecule is COc1ccc(-c2nc(C)c(C(=O)Nc3nc(C)c(-c4nccn4C(F)F)s3)s2)cc1OC. The normalized spacial score (nSPS) is 11.1. The summed E-state index contributed by atoms with van der Waals surface area (Å²) < 4.78 is 37.8. The van der Waals surface area contributed by atoms with Crippen LogP contribution < -0.4 is 14.8 Å². The maximum Gasteiger partial charge on any atom is 0.320 e. The number of rotatable bonds is 7. The molecule has 172 valence electrons. The molecule has 0 aliphatic heterocycles. The summed E-state index contributed by atoms with van der Waals surface area (Å²) in [5, 5.41) is 3.68. The molecule has 0 unspecified atom stereocenters. The minimum atomic E-state index is -2.73. The van der Waals surface area contributed by atoms with E-state index < -0.39 is 6.55 Å². The molecule has 4 aromatic rings. The monoisotopic (exact) mass is 491 g/mol. The second kappa shape index (κ2) is 9.24. The number of anilines is 1. The van der Waals surface area contributed by atoms with Gasteiger partial charge in [0.25, 0.3) is 5.91 Å². The van der Waals surface area contributed by atoms with Gasteiger partial charge in [-0.2, -0.15) is 8.78 Å². The summed E-state index contributed by atoms with van der Waals surface area (Å²) in [6.45, 7) is 0.698. The van der Waals surface area contributed by atoms with Crippen molar-refractivity contribution in [2.75, 3.05) is 19.5 Å². The number of halogens is 2. The second-order valence-electron chi connectivity index (χ2n) is 6.83. The number of nitrogens with zero attached hydrogens (tertiary/aromatic N) is 4. The Kier molecular flexibility index (Phi) is 6.38. The third-order valence-electron chi connectivity index (χ3n) is 4.73. The highest BCUT2D eigenvalue weighted by atomic mass is 32.1. The Morgan fingerprint density at radius 3 is 2.55 bits per heavy atom. The first-order valence-corrected chi connectivity index (χ1v) is 11.3. The summed E-state index contributed by atoms with van der Waals surface area (Å²) in [6, 6.07) is 5.40. The van der Waals surface area contributed by atoms with Crippen LogP contribution in [0.3, 0.4) is 0 Å². The van der Waals surface area contributed by atoms with Gasteiger partial charge in [0.1, 0.15) is 9.88 Å². The number of alkyl halides is 2. The topological polar surface area (TPSA) is 91.2 Å². The molecular formula is C21H19F2N5O3S2. The lowest BCUT2D eigenvalue weighted by Crippen LogP contribution is -2.11. The van der Waals surface area contributed by atoms with Crippen molar-refractivity contribution in [1.82, 2.24) is 19.5 Å². The summed E-state index contributed by atoms with van der Waals surface area (Å²) in [5.41, 5.74) is 1.84. The number of ether oxygens (including phenoxy) is 2. The van der Waals surface area contributed by atoms with Gasteiger partial charge in [-0.05, 0) is 32.0 Å². The molecule has 1 N–H and O–H groups in total. The van der Waals surface area contributed by atoms with E-state index >= 15 is 0 Å². The van der Waals surface area contributed by atoms with Crippen LogP contribution in [0.25, 0.3) is 21.3 Å². The average Bonchev–Trinajstić information content (AvgIpc) is 3.51. The lowest BCUT2D eigenvalue weighted by molar-refractivity contribution is 0.0720. The Labute approximate surface area is 195 Å². The zero-order chi connectivity index (χ0) is 23.7. The lowest BCUT2D eigenvalue weighted by atomic mass is 10.2. The second-order valence-corrected chi connectivity index (χ2v) is 8.82. The van der Waals surface area contributed by atoms with Crippen LogP contribution in [-0.4, -0.2) is 39.6 Å². The van der Waals surface area contributed by atoms with Crippen LogP contribution in [0.2, 0.25) is 0 Å². The van der Waals surface area contributed by atoms with Crippen molar-refractivity contribution in [3.8, 4) is 32.8 Å². The van der Waals surface area contributed by atoms with E-state index in [1.165, 1.54) is 23.7 Å². The third-order valence-corrected chi connectivity index (χ3v) is 7.01. The smallest absolute Gasteiger partial charge is 0.320 e. The van der Waals surface area contributed by atoms with Crippen LogP contribution >= 0.6 is 22.7 Å². The number of hydrogen-bond acceptors (Lipinski definition) is 8. The van der Waals surface area contributed by atoms with Gasteiger partial charge >= 0.3 is 6.55 Å². The number of nitrogens with one attached hydrogen (secondary N) is 1. The first-order chi connectivity index (χ1) is 15.8. The van der Waals surface area contributed by atoms with E-state index in [2.05, 4.69) is 20.3 Å². The van der Waals surface area contributed by atoms with Gasteiger partial charge in [0.15, 0.2) is 22.5 Å². The summed E-state index contributed by atoms with van der Waals surface area (Å²) in [4.78, 5) is 26.6. The van der Waals surface area contributed by atoms with Gasteiger partial charge in [-0.15, -0.1) is 11.3 Å². The largest absolute Gasteiger partial charge is 0.493 e. The molecule has 0 aliphatic rings. The molecule has 0 atom stereocenters. The molecule has 0 fully saturated rings. The number of carbonyl (C=O) groups excluding carboxylic acids is 1. The van der Waals surface area contributed by atoms with Crippen molar-refractivity contribution in [1.29, 1.82) is 0 Å². The lowest BCUT2D eigenvalue weighted by Gasteiger charge is -2.08. The van der Waals surface area contributed by atoms with Crippen molar-refractivity contribution in [3.05, 3.63) is 46.9 Å². The van der Waals surface area contributed by atoms with E-state index in [-0.39, 0.29) is 16.9 Å². The fraction of sp³-hybridized carbons (Fsp3) is 0.238. The number of amides is 1. The summed E-state index contributed by atoms with van der Waals surface area (Å²) in [6.07, 6.45) is 2.50. The first kappa shape index (κ1) is 22.8. The minimum absolute atomic E-state index is 0.102. The third kappa shape index (κ3) is 4.44. The molecule has 0 aliphatic carbocycles. The molecule has 0 saturated carbocycles. The van der Waals surface area contributed by atoms with Gasteiger partial charge in [-0.1, -0.05) is 11.3 Å². The fourth-order valence-electron chi connectivity index (χ4n) is 3.16. The minimum Gasteiger partial charge on any atom is -0.493 e. The molecule has 1 amide bonds. The zero-order valence-corrected chi connectivity index (χ0v) is 19.7. The van der Waals surface area contributed by atoms with Crippen molar-refractivity contribution < 1.29 is 23.0 Å². The summed E-state index contributed by atoms with van der Waals surface area (Å²) in [5.74, 6) is 0.871. The first-order valence-electron chi connectivity index (χ1n) is 9.62. The molecule has 1 aromatic carbocycles. The highest BCUT2D eigenvalue weighted by Gasteiger charge is 2.22. The Hall–Kier alpha value is -3.38. The molecule has 0 saturated heterocycles. The van der Waals surface area contributed by atoms with E-state index in [1.54, 1.807) is 40.2 Å². The maximum absolute atomic E-state index is 13.2. The number of aromatic nitrogens is 4. The van der Waals surface area contributed by atoms with Crippen LogP contribution in [0.1, 0.15) is 27.6 Å². The van der Waals surface area contributed by atoms with E-state index in [1.807, 2.05) is 6.07 Å². The Morgan fingerprint density at radius 2 is 1.85 bits per heavy atom. The van der Waals surface area contributed by atoms with Crippen molar-refractivity contribution in [3.63, 3.8) is 0 Å². The number of methoxy groups -OCH3 is 2. The zero-order valence-electron chi connectivity index (χ0n) is 18.1. The fourth-order valence-corrected chi connectivity index (χ4v) is 5.08. The van der Waals surface area contributed by atoms with Crippen LogP contribution in [0.15, 0.2) is 30.6 Å². The van der Waals surface area contributed by atoms with Gasteiger partial charge in [0.05, 0.1) is 30.5 Å². The van der Waals surface area contributed by atoms with Crippen molar-refractivity contribution >= 4 is 33.7 Å². The molecule has 12 heteroatoms. The molecule has 0 spiro atoms. The van der Waals surface area contributed by atoms with E-state index in [0.29, 0.717) is 37.6 Å². The van der Waals surface area contributed by atoms with Gasteiger partial charge in [-0.3, -0.25) is 14.7 Å². The number of carbonyl (C=O) groups is 1. The molecule has 33 heavy (non-hydrogen) atoms. The number of imidazole rings is 1. The Bertz CT molecular complexity index is 1320. The van der Waals surface area contributed by atoms with E-state index in [9.17, 15) is 13.6 Å². The van der Waals surface area contributed by atoms with Gasteiger partial charge < -0.3 is 9.47 Å². The van der Waals surface area contributed by atoms with E-state index in [4.69, 9.17) is 9.47 Å². The van der Waals surface area contributed by atoms with Crippen LogP contribution in [-0.2, 0) is 0 Å². The predicted octanol–water partition coefficient (Wildman–Crippen LogP) is 5.41. The maximum atomic E-state index is 13.2. The number of benzene rings is 1.